The van der Waals surface area contributed by atoms with E-state index in [0.717, 1.165) is 22.0 Å². The van der Waals surface area contributed by atoms with E-state index >= 15 is 0 Å². The Balaban J connectivity index is 2.00. The van der Waals surface area contributed by atoms with E-state index in [2.05, 4.69) is 5.32 Å². The lowest BCUT2D eigenvalue weighted by Crippen LogP contribution is -2.35. The Labute approximate surface area is 128 Å². The van der Waals surface area contributed by atoms with Crippen LogP contribution in [0.25, 0.3) is 10.9 Å². The number of rotatable bonds is 1. The molecule has 0 bridgehead atoms. The van der Waals surface area contributed by atoms with Crippen LogP contribution >= 0.6 is 0 Å². The highest BCUT2D eigenvalue weighted by Crippen LogP contribution is 2.33. The Hall–Kier alpha value is -2.30. The molecule has 1 aromatic heterocycles. The van der Waals surface area contributed by atoms with Gasteiger partial charge in [-0.25, -0.2) is 4.79 Å². The third-order valence-corrected chi connectivity index (χ3v) is 3.81. The van der Waals surface area contributed by atoms with Crippen LogP contribution in [-0.2, 0) is 11.3 Å². The zero-order valence-electron chi connectivity index (χ0n) is 13.3. The fourth-order valence-corrected chi connectivity index (χ4v) is 2.99. The molecule has 5 nitrogen and oxygen atoms in total. The highest BCUT2D eigenvalue weighted by Gasteiger charge is 2.29. The summed E-state index contributed by atoms with van der Waals surface area (Å²) in [6.07, 6.45) is -0.463. The second-order valence-corrected chi connectivity index (χ2v) is 6.71. The predicted octanol–water partition coefficient (Wildman–Crippen LogP) is 2.89. The van der Waals surface area contributed by atoms with Crippen molar-refractivity contribution in [1.82, 2.24) is 9.88 Å². The van der Waals surface area contributed by atoms with Crippen molar-refractivity contribution in [2.24, 2.45) is 0 Å². The number of nitrogens with zero attached hydrogens (tertiary/aromatic N) is 1. The molecule has 0 unspecified atom stereocenters. The number of aryl methyl sites for hydroxylation is 1. The topological polar surface area (TPSA) is 60.3 Å². The number of pyridine rings is 1. The standard InChI is InChI=1S/C17H20N2O3/c1-10-5-6-11-7-8-13(20)19-9-12(14(10)15(11)19)18-16(21)22-17(2,3)4/h5-8,12H,9H2,1-4H3,(H,18,21)/t12-/m1/s1. The van der Waals surface area contributed by atoms with E-state index in [9.17, 15) is 9.59 Å². The molecule has 0 saturated heterocycles. The Bertz CT molecular complexity index is 815. The molecule has 0 saturated carbocycles. The van der Waals surface area contributed by atoms with Crippen LogP contribution in [-0.4, -0.2) is 16.3 Å². The number of carbonyl (C=O) groups excluding carboxylic acids is 1. The highest BCUT2D eigenvalue weighted by molar-refractivity contribution is 5.86. The lowest BCUT2D eigenvalue weighted by Gasteiger charge is -2.22. The summed E-state index contributed by atoms with van der Waals surface area (Å²) < 4.78 is 7.05. The fourth-order valence-electron chi connectivity index (χ4n) is 2.99. The van der Waals surface area contributed by atoms with Crippen molar-refractivity contribution in [2.45, 2.75) is 45.9 Å². The van der Waals surface area contributed by atoms with Gasteiger partial charge < -0.3 is 14.6 Å². The van der Waals surface area contributed by atoms with Gasteiger partial charge in [-0.3, -0.25) is 4.79 Å². The van der Waals surface area contributed by atoms with Gasteiger partial charge in [-0.1, -0.05) is 12.1 Å². The predicted molar refractivity (Wildman–Crippen MR) is 85.1 cm³/mol. The molecule has 1 N–H and O–H groups in total. The molecule has 1 amide bonds. The Kier molecular flexibility index (Phi) is 3.24. The summed E-state index contributed by atoms with van der Waals surface area (Å²) in [4.78, 5) is 24.1. The van der Waals surface area contributed by atoms with Gasteiger partial charge >= 0.3 is 6.09 Å². The summed E-state index contributed by atoms with van der Waals surface area (Å²) >= 11 is 0. The number of ether oxygens (including phenoxy) is 1. The van der Waals surface area contributed by atoms with Crippen LogP contribution in [0.4, 0.5) is 4.79 Å². The highest BCUT2D eigenvalue weighted by atomic mass is 16.6. The molecular weight excluding hydrogens is 280 g/mol. The average Bonchev–Trinajstić information content (AvgIpc) is 2.76. The van der Waals surface area contributed by atoms with Gasteiger partial charge in [-0.05, 0) is 44.7 Å². The maximum Gasteiger partial charge on any atom is 0.408 e. The van der Waals surface area contributed by atoms with Crippen molar-refractivity contribution >= 4 is 17.0 Å². The van der Waals surface area contributed by atoms with E-state index in [4.69, 9.17) is 4.74 Å². The summed E-state index contributed by atoms with van der Waals surface area (Å²) in [5.41, 5.74) is 2.38. The van der Waals surface area contributed by atoms with Gasteiger partial charge in [0.15, 0.2) is 0 Å². The van der Waals surface area contributed by atoms with Gasteiger partial charge in [0.05, 0.1) is 18.1 Å². The molecule has 1 aromatic carbocycles. The average molecular weight is 300 g/mol. The zero-order chi connectivity index (χ0) is 16.1. The monoisotopic (exact) mass is 300 g/mol. The first-order valence-corrected chi connectivity index (χ1v) is 7.39. The molecule has 22 heavy (non-hydrogen) atoms. The van der Waals surface area contributed by atoms with E-state index in [0.29, 0.717) is 6.54 Å². The summed E-state index contributed by atoms with van der Waals surface area (Å²) in [6.45, 7) is 7.91. The summed E-state index contributed by atoms with van der Waals surface area (Å²) in [7, 11) is 0. The number of aromatic nitrogens is 1. The van der Waals surface area contributed by atoms with E-state index in [1.54, 1.807) is 10.6 Å². The molecule has 1 aliphatic heterocycles. The summed E-state index contributed by atoms with van der Waals surface area (Å²) in [6, 6.07) is 7.17. The molecule has 0 fully saturated rings. The van der Waals surface area contributed by atoms with Crippen molar-refractivity contribution in [2.75, 3.05) is 0 Å². The van der Waals surface area contributed by atoms with Crippen LogP contribution in [0.5, 0.6) is 0 Å². The smallest absolute Gasteiger partial charge is 0.408 e. The zero-order valence-corrected chi connectivity index (χ0v) is 13.3. The molecule has 1 atom stereocenters. The molecule has 2 heterocycles. The molecule has 2 aromatic rings. The van der Waals surface area contributed by atoms with Gasteiger partial charge in [-0.2, -0.15) is 0 Å². The van der Waals surface area contributed by atoms with Crippen LogP contribution < -0.4 is 10.9 Å². The maximum absolute atomic E-state index is 12.1. The van der Waals surface area contributed by atoms with Crippen LogP contribution in [0.2, 0.25) is 0 Å². The Morgan fingerprint density at radius 2 is 1.95 bits per heavy atom. The number of amides is 1. The molecule has 3 rings (SSSR count). The minimum atomic E-state index is -0.548. The fraction of sp³-hybridized carbons (Fsp3) is 0.412. The number of hydrogen-bond acceptors (Lipinski definition) is 3. The van der Waals surface area contributed by atoms with Gasteiger partial charge in [0, 0.05) is 11.6 Å². The number of benzene rings is 1. The second-order valence-electron chi connectivity index (χ2n) is 6.71. The third kappa shape index (κ3) is 2.47. The molecule has 1 aliphatic rings. The normalized spacial score (nSPS) is 16.8. The summed E-state index contributed by atoms with van der Waals surface area (Å²) in [5, 5.41) is 3.90. The Morgan fingerprint density at radius 1 is 1.27 bits per heavy atom. The van der Waals surface area contributed by atoms with Crippen LogP contribution in [0.15, 0.2) is 29.1 Å². The van der Waals surface area contributed by atoms with E-state index in [1.807, 2.05) is 45.9 Å². The summed E-state index contributed by atoms with van der Waals surface area (Å²) in [5.74, 6) is 0. The van der Waals surface area contributed by atoms with Crippen molar-refractivity contribution < 1.29 is 9.53 Å². The third-order valence-electron chi connectivity index (χ3n) is 3.81. The minimum absolute atomic E-state index is 0.0483. The molecular formula is C17H20N2O3. The van der Waals surface area contributed by atoms with Crippen molar-refractivity contribution in [3.8, 4) is 0 Å². The van der Waals surface area contributed by atoms with Gasteiger partial charge in [-0.15, -0.1) is 0 Å². The number of nitrogens with one attached hydrogen (secondary N) is 1. The Morgan fingerprint density at radius 3 is 2.64 bits per heavy atom. The van der Waals surface area contributed by atoms with E-state index < -0.39 is 11.7 Å². The van der Waals surface area contributed by atoms with Crippen molar-refractivity contribution in [1.29, 1.82) is 0 Å². The molecule has 116 valence electrons. The number of hydrogen-bond donors (Lipinski definition) is 1. The van der Waals surface area contributed by atoms with Crippen LogP contribution in [0, 0.1) is 6.92 Å². The first kappa shape index (κ1) is 14.6. The molecule has 0 radical (unpaired) electrons. The quantitative estimate of drug-likeness (QED) is 0.881. The first-order chi connectivity index (χ1) is 10.3. The maximum atomic E-state index is 12.1. The number of alkyl carbamates (subject to hydrolysis) is 1. The minimum Gasteiger partial charge on any atom is -0.444 e. The molecule has 0 aliphatic carbocycles. The van der Waals surface area contributed by atoms with Crippen LogP contribution in [0.1, 0.15) is 37.9 Å². The lowest BCUT2D eigenvalue weighted by molar-refractivity contribution is 0.0501. The largest absolute Gasteiger partial charge is 0.444 e. The van der Waals surface area contributed by atoms with E-state index in [1.165, 1.54) is 0 Å². The molecule has 5 heteroatoms. The van der Waals surface area contributed by atoms with E-state index in [-0.39, 0.29) is 11.6 Å². The van der Waals surface area contributed by atoms with Gasteiger partial charge in [0.25, 0.3) is 5.56 Å². The second kappa shape index (κ2) is 4.87. The SMILES string of the molecule is Cc1ccc2ccc(=O)n3c2c1[C@H](NC(=O)OC(C)(C)C)C3. The number of carbonyl (C=O) groups is 1. The van der Waals surface area contributed by atoms with Crippen molar-refractivity contribution in [3.05, 3.63) is 45.7 Å². The molecule has 0 spiro atoms. The van der Waals surface area contributed by atoms with Crippen LogP contribution in [0.3, 0.4) is 0 Å². The lowest BCUT2D eigenvalue weighted by atomic mass is 10.0. The van der Waals surface area contributed by atoms with Gasteiger partial charge in [0.1, 0.15) is 5.60 Å². The first-order valence-electron chi connectivity index (χ1n) is 7.39. The van der Waals surface area contributed by atoms with Crippen molar-refractivity contribution in [3.63, 3.8) is 0 Å². The van der Waals surface area contributed by atoms with Gasteiger partial charge in [0.2, 0.25) is 0 Å².